The lowest BCUT2D eigenvalue weighted by Gasteiger charge is -2.38. The van der Waals surface area contributed by atoms with Crippen LogP contribution in [0.25, 0.3) is 0 Å². The summed E-state index contributed by atoms with van der Waals surface area (Å²) in [7, 11) is -2.19. The molecule has 0 bridgehead atoms. The smallest absolute Gasteiger partial charge is 0.267 e. The number of nitrogens with zero attached hydrogens (tertiary/aromatic N) is 3. The lowest BCUT2D eigenvalue weighted by molar-refractivity contribution is 0.0344. The zero-order valence-electron chi connectivity index (χ0n) is 23.5. The van der Waals surface area contributed by atoms with E-state index >= 15 is 0 Å². The van der Waals surface area contributed by atoms with Gasteiger partial charge in [0.25, 0.3) is 15.9 Å². The van der Waals surface area contributed by atoms with Crippen molar-refractivity contribution in [2.75, 3.05) is 31.5 Å². The molecule has 1 aliphatic heterocycles. The largest absolute Gasteiger partial charge is 0.486 e. The molecule has 3 aromatic rings. The number of fused-ring (bicyclic) bond motifs is 1. The Morgan fingerprint density at radius 2 is 1.95 bits per heavy atom. The van der Waals surface area contributed by atoms with E-state index in [9.17, 15) is 18.3 Å². The molecule has 1 amide bonds. The Morgan fingerprint density at radius 3 is 2.59 bits per heavy atom. The number of para-hydroxylation sites is 1. The fourth-order valence-corrected chi connectivity index (χ4v) is 6.63. The number of ether oxygens (including phenoxy) is 1. The third kappa shape index (κ3) is 6.81. The van der Waals surface area contributed by atoms with Crippen molar-refractivity contribution in [1.82, 2.24) is 15.0 Å². The van der Waals surface area contributed by atoms with Crippen molar-refractivity contribution in [3.8, 4) is 5.75 Å². The Hall–Kier alpha value is -2.83. The van der Waals surface area contributed by atoms with E-state index in [-0.39, 0.29) is 51.8 Å². The van der Waals surface area contributed by atoms with Crippen LogP contribution in [0.4, 0.5) is 5.69 Å². The number of sulfonamides is 1. The fraction of sp³-hybridized carbons (Fsp3) is 0.429. The molecule has 2 heterocycles. The molecule has 0 radical (unpaired) electrons. The third-order valence-electron chi connectivity index (χ3n) is 7.10. The fourth-order valence-electron chi connectivity index (χ4n) is 4.92. The predicted octanol–water partition coefficient (Wildman–Crippen LogP) is 4.75. The highest BCUT2D eigenvalue weighted by Crippen LogP contribution is 2.37. The van der Waals surface area contributed by atoms with Gasteiger partial charge in [-0.05, 0) is 57.6 Å². The van der Waals surface area contributed by atoms with Gasteiger partial charge in [-0.3, -0.25) is 14.4 Å². The van der Waals surface area contributed by atoms with Gasteiger partial charge < -0.3 is 19.3 Å². The van der Waals surface area contributed by atoms with Crippen molar-refractivity contribution in [3.05, 3.63) is 69.0 Å². The first kappa shape index (κ1) is 31.1. The summed E-state index contributed by atoms with van der Waals surface area (Å²) in [6.45, 7) is 7.88. The molecule has 2 aromatic carbocycles. The zero-order valence-corrected chi connectivity index (χ0v) is 25.8. The van der Waals surface area contributed by atoms with Crippen molar-refractivity contribution in [2.45, 2.75) is 51.3 Å². The highest BCUT2D eigenvalue weighted by Gasteiger charge is 2.35. The lowest BCUT2D eigenvalue weighted by atomic mass is 9.99. The number of carbonyl (C=O) groups is 1. The summed E-state index contributed by atoms with van der Waals surface area (Å²) in [6.07, 6.45) is -0.451. The number of hydrogen-bond acceptors (Lipinski definition) is 8. The molecule has 13 heteroatoms. The lowest BCUT2D eigenvalue weighted by Crippen LogP contribution is -2.49. The molecular formula is C28H34Cl2N4O6S. The minimum absolute atomic E-state index is 0.0749. The molecule has 41 heavy (non-hydrogen) atoms. The number of likely N-dealkylation sites (N-methyl/N-ethyl adjacent to an activating group) is 1. The minimum Gasteiger partial charge on any atom is -0.486 e. The van der Waals surface area contributed by atoms with Crippen LogP contribution >= 0.6 is 23.2 Å². The summed E-state index contributed by atoms with van der Waals surface area (Å²) in [6, 6.07) is 9.71. The Kier molecular flexibility index (Phi) is 9.55. The summed E-state index contributed by atoms with van der Waals surface area (Å²) in [5, 5.41) is 14.6. The number of aliphatic hydroxyl groups excluding tert-OH is 1. The van der Waals surface area contributed by atoms with Gasteiger partial charge in [0, 0.05) is 25.6 Å². The number of benzene rings is 2. The van der Waals surface area contributed by atoms with Crippen LogP contribution in [0, 0.1) is 19.8 Å². The Bertz CT molecular complexity index is 1510. The van der Waals surface area contributed by atoms with E-state index in [2.05, 4.69) is 14.8 Å². The Balaban J connectivity index is 1.72. The van der Waals surface area contributed by atoms with Gasteiger partial charge in [0.2, 0.25) is 0 Å². The van der Waals surface area contributed by atoms with E-state index < -0.39 is 22.2 Å². The number of halogens is 2. The van der Waals surface area contributed by atoms with Crippen LogP contribution in [0.5, 0.6) is 5.75 Å². The van der Waals surface area contributed by atoms with E-state index in [0.29, 0.717) is 29.7 Å². The van der Waals surface area contributed by atoms with E-state index in [1.54, 1.807) is 36.1 Å². The molecule has 4 rings (SSSR count). The summed E-state index contributed by atoms with van der Waals surface area (Å²) in [4.78, 5) is 17.3. The third-order valence-corrected chi connectivity index (χ3v) is 9.45. The molecule has 1 aromatic heterocycles. The van der Waals surface area contributed by atoms with Gasteiger partial charge >= 0.3 is 0 Å². The van der Waals surface area contributed by atoms with Gasteiger partial charge in [0.05, 0.1) is 33.9 Å². The number of aliphatic hydroxyl groups is 1. The standard InChI is InChI=1S/C28H34Cl2N4O6S/c1-16-12-34(17(2)15-35)28(36)21-7-6-8-24(32-41(37,38)27-18(3)31-40-19(27)4)26(21)39-25(16)14-33(5)13-20-9-10-22(29)23(30)11-20/h6-11,16-17,25,32,35H,12-15H2,1-5H3/t16-,17+,25-/m1/s1. The van der Waals surface area contributed by atoms with Crippen molar-refractivity contribution >= 4 is 44.8 Å². The number of rotatable bonds is 9. The second kappa shape index (κ2) is 12.6. The zero-order chi connectivity index (χ0) is 30.1. The van der Waals surface area contributed by atoms with Gasteiger partial charge in [0.1, 0.15) is 11.8 Å². The second-order valence-electron chi connectivity index (χ2n) is 10.5. The molecule has 2 N–H and O–H groups in total. The van der Waals surface area contributed by atoms with Gasteiger partial charge in [-0.1, -0.05) is 47.4 Å². The first-order valence-electron chi connectivity index (χ1n) is 13.1. The summed E-state index contributed by atoms with van der Waals surface area (Å²) in [5.74, 6) is -0.286. The van der Waals surface area contributed by atoms with Gasteiger partial charge in [0.15, 0.2) is 16.4 Å². The van der Waals surface area contributed by atoms with Crippen LogP contribution < -0.4 is 9.46 Å². The molecule has 0 fully saturated rings. The van der Waals surface area contributed by atoms with Gasteiger partial charge in [-0.15, -0.1) is 0 Å². The molecule has 0 saturated carbocycles. The van der Waals surface area contributed by atoms with Crippen LogP contribution in [-0.2, 0) is 16.6 Å². The summed E-state index contributed by atoms with van der Waals surface area (Å²) in [5.41, 5.74) is 1.47. The number of amides is 1. The molecule has 1 aliphatic rings. The highest BCUT2D eigenvalue weighted by atomic mass is 35.5. The van der Waals surface area contributed by atoms with E-state index in [0.717, 1.165) is 5.56 Å². The van der Waals surface area contributed by atoms with Crippen molar-refractivity contribution in [2.24, 2.45) is 5.92 Å². The minimum atomic E-state index is -4.13. The predicted molar refractivity (Wildman–Crippen MR) is 157 cm³/mol. The monoisotopic (exact) mass is 624 g/mol. The van der Waals surface area contributed by atoms with Crippen molar-refractivity contribution in [3.63, 3.8) is 0 Å². The highest BCUT2D eigenvalue weighted by molar-refractivity contribution is 7.92. The number of aryl methyl sites for hydroxylation is 2. The molecule has 0 spiro atoms. The Labute approximate surface area is 250 Å². The van der Waals surface area contributed by atoms with Crippen LogP contribution in [0.1, 0.15) is 41.2 Å². The SMILES string of the molecule is Cc1noc(C)c1S(=O)(=O)Nc1cccc2c1O[C@H](CN(C)Cc1ccc(Cl)c(Cl)c1)[C@H](C)CN([C@@H](C)CO)C2=O. The van der Waals surface area contributed by atoms with Crippen LogP contribution in [0.15, 0.2) is 45.8 Å². The Morgan fingerprint density at radius 1 is 1.22 bits per heavy atom. The summed E-state index contributed by atoms with van der Waals surface area (Å²) < 4.78 is 41.0. The molecule has 0 saturated heterocycles. The van der Waals surface area contributed by atoms with E-state index in [1.165, 1.54) is 13.8 Å². The maximum absolute atomic E-state index is 13.7. The average Bonchev–Trinajstić information content (AvgIpc) is 3.26. The first-order valence-corrected chi connectivity index (χ1v) is 15.4. The first-order chi connectivity index (χ1) is 19.3. The van der Waals surface area contributed by atoms with E-state index in [4.69, 9.17) is 32.5 Å². The molecule has 0 aliphatic carbocycles. The quantitative estimate of drug-likeness (QED) is 0.349. The molecule has 10 nitrogen and oxygen atoms in total. The maximum Gasteiger partial charge on any atom is 0.267 e. The number of anilines is 1. The van der Waals surface area contributed by atoms with Crippen molar-refractivity contribution in [1.29, 1.82) is 0 Å². The number of nitrogens with one attached hydrogen (secondary N) is 1. The van der Waals surface area contributed by atoms with Crippen molar-refractivity contribution < 1.29 is 27.6 Å². The van der Waals surface area contributed by atoms with Gasteiger partial charge in [-0.2, -0.15) is 0 Å². The normalized spacial score (nSPS) is 18.5. The topological polar surface area (TPSA) is 125 Å². The average molecular weight is 626 g/mol. The number of carbonyl (C=O) groups excluding carboxylic acids is 1. The second-order valence-corrected chi connectivity index (χ2v) is 12.9. The number of aromatic nitrogens is 1. The molecular weight excluding hydrogens is 591 g/mol. The van der Waals surface area contributed by atoms with Crippen LogP contribution in [0.2, 0.25) is 10.0 Å². The van der Waals surface area contributed by atoms with E-state index in [1.807, 2.05) is 26.1 Å². The molecule has 222 valence electrons. The molecule has 0 unspecified atom stereocenters. The number of hydrogen-bond donors (Lipinski definition) is 2. The van der Waals surface area contributed by atoms with Crippen LogP contribution in [-0.4, -0.2) is 73.3 Å². The summed E-state index contributed by atoms with van der Waals surface area (Å²) >= 11 is 12.3. The molecule has 3 atom stereocenters. The maximum atomic E-state index is 13.7. The van der Waals surface area contributed by atoms with Gasteiger partial charge in [-0.25, -0.2) is 8.42 Å². The van der Waals surface area contributed by atoms with Crippen LogP contribution in [0.3, 0.4) is 0 Å².